The van der Waals surface area contributed by atoms with Crippen LogP contribution in [0.3, 0.4) is 0 Å². The minimum Gasteiger partial charge on any atom is -0.369 e. The van der Waals surface area contributed by atoms with Gasteiger partial charge in [0.05, 0.1) is 10.5 Å². The number of Topliss-reactive ketones (excluding diaryl/α,β-unsaturated/α-hetero) is 1. The molecule has 0 N–H and O–H groups in total. The second kappa shape index (κ2) is 7.94. The summed E-state index contributed by atoms with van der Waals surface area (Å²) in [7, 11) is -3.76. The van der Waals surface area contributed by atoms with E-state index in [1.807, 2.05) is 6.07 Å². The number of benzene rings is 2. The molecule has 0 spiro atoms. The highest BCUT2D eigenvalue weighted by molar-refractivity contribution is 7.89. The van der Waals surface area contributed by atoms with E-state index < -0.39 is 21.8 Å². The van der Waals surface area contributed by atoms with Gasteiger partial charge < -0.3 is 4.90 Å². The molecule has 0 radical (unpaired) electrons. The quantitative estimate of drug-likeness (QED) is 0.712. The van der Waals surface area contributed by atoms with Crippen molar-refractivity contribution in [2.24, 2.45) is 5.92 Å². The fraction of sp³-hybridized carbons (Fsp3) is 0.409. The minimum absolute atomic E-state index is 0.0502. The Balaban J connectivity index is 1.51. The van der Waals surface area contributed by atoms with E-state index in [9.17, 15) is 26.4 Å². The average Bonchev–Trinajstić information content (AvgIpc) is 3.18. The van der Waals surface area contributed by atoms with Gasteiger partial charge in [-0.15, -0.1) is 0 Å². The first-order chi connectivity index (χ1) is 14.6. The molecule has 4 rings (SSSR count). The molecule has 1 heterocycles. The molecule has 9 heteroatoms. The first-order valence-electron chi connectivity index (χ1n) is 10.1. The van der Waals surface area contributed by atoms with Gasteiger partial charge in [-0.25, -0.2) is 8.42 Å². The van der Waals surface area contributed by atoms with Gasteiger partial charge in [0.25, 0.3) is 0 Å². The van der Waals surface area contributed by atoms with E-state index in [1.54, 1.807) is 23.1 Å². The lowest BCUT2D eigenvalue weighted by molar-refractivity contribution is -0.137. The van der Waals surface area contributed by atoms with Crippen molar-refractivity contribution in [1.29, 1.82) is 0 Å². The van der Waals surface area contributed by atoms with Crippen molar-refractivity contribution in [3.8, 4) is 0 Å². The molecular formula is C22H23F3N2O3S. The van der Waals surface area contributed by atoms with E-state index in [0.29, 0.717) is 37.2 Å². The van der Waals surface area contributed by atoms with Crippen LogP contribution in [0.25, 0.3) is 0 Å². The molecule has 1 aliphatic carbocycles. The third-order valence-electron chi connectivity index (χ3n) is 6.12. The molecule has 1 atom stereocenters. The van der Waals surface area contributed by atoms with Gasteiger partial charge in [-0.1, -0.05) is 18.2 Å². The van der Waals surface area contributed by atoms with Gasteiger partial charge in [0.1, 0.15) is 5.78 Å². The Morgan fingerprint density at radius 1 is 1.00 bits per heavy atom. The van der Waals surface area contributed by atoms with E-state index in [4.69, 9.17) is 0 Å². The number of fused-ring (bicyclic) bond motifs is 1. The molecule has 0 saturated carbocycles. The Morgan fingerprint density at radius 3 is 2.32 bits per heavy atom. The number of piperazine rings is 1. The number of halogens is 3. The van der Waals surface area contributed by atoms with Crippen molar-refractivity contribution >= 4 is 21.5 Å². The lowest BCUT2D eigenvalue weighted by atomic mass is 10.0. The van der Waals surface area contributed by atoms with Crippen LogP contribution in [0.15, 0.2) is 47.4 Å². The fourth-order valence-electron chi connectivity index (χ4n) is 4.35. The van der Waals surface area contributed by atoms with Crippen molar-refractivity contribution in [2.45, 2.75) is 30.8 Å². The van der Waals surface area contributed by atoms with Gasteiger partial charge in [-0.3, -0.25) is 4.79 Å². The molecule has 31 heavy (non-hydrogen) atoms. The standard InChI is InChI=1S/C22H23F3N2O3S/c1-15(28)17-12-16-4-2-7-21(20(16)13-17)31(29,30)27-10-8-26(9-11-27)19-6-3-5-18(14-19)22(23,24)25/h2-7,14,17H,8-13H2,1H3. The number of sulfonamides is 1. The molecule has 0 amide bonds. The van der Waals surface area contributed by atoms with Gasteiger partial charge in [0, 0.05) is 37.8 Å². The zero-order chi connectivity index (χ0) is 22.4. The normalized spacial score (nSPS) is 20.0. The number of nitrogens with zero attached hydrogens (tertiary/aromatic N) is 2. The topological polar surface area (TPSA) is 57.7 Å². The van der Waals surface area contributed by atoms with Crippen LogP contribution in [0, 0.1) is 5.92 Å². The monoisotopic (exact) mass is 452 g/mol. The maximum absolute atomic E-state index is 13.3. The van der Waals surface area contributed by atoms with Crippen LogP contribution in [0.4, 0.5) is 18.9 Å². The number of carbonyl (C=O) groups is 1. The third kappa shape index (κ3) is 4.21. The van der Waals surface area contributed by atoms with E-state index in [0.717, 1.165) is 17.7 Å². The molecule has 1 fully saturated rings. The minimum atomic E-state index is -4.42. The number of hydrogen-bond donors (Lipinski definition) is 0. The first kappa shape index (κ1) is 21.8. The third-order valence-corrected chi connectivity index (χ3v) is 8.10. The number of carbonyl (C=O) groups excluding carboxylic acids is 1. The zero-order valence-electron chi connectivity index (χ0n) is 17.0. The van der Waals surface area contributed by atoms with Crippen molar-refractivity contribution in [3.05, 3.63) is 59.2 Å². The van der Waals surface area contributed by atoms with Gasteiger partial charge in [-0.2, -0.15) is 17.5 Å². The lowest BCUT2D eigenvalue weighted by Gasteiger charge is -2.36. The van der Waals surface area contributed by atoms with Crippen LogP contribution in [-0.4, -0.2) is 44.7 Å². The van der Waals surface area contributed by atoms with Crippen molar-refractivity contribution in [3.63, 3.8) is 0 Å². The molecular weight excluding hydrogens is 429 g/mol. The molecule has 0 aromatic heterocycles. The number of anilines is 1. The SMILES string of the molecule is CC(=O)C1Cc2cccc(S(=O)(=O)N3CCN(c4cccc(C(F)(F)F)c4)CC3)c2C1. The second-order valence-corrected chi connectivity index (χ2v) is 9.96. The van der Waals surface area contributed by atoms with Crippen LogP contribution in [0.5, 0.6) is 0 Å². The molecule has 1 saturated heterocycles. The largest absolute Gasteiger partial charge is 0.416 e. The predicted octanol–water partition coefficient (Wildman–Crippen LogP) is 3.52. The highest BCUT2D eigenvalue weighted by Gasteiger charge is 2.35. The highest BCUT2D eigenvalue weighted by Crippen LogP contribution is 2.35. The van der Waals surface area contributed by atoms with Gasteiger partial charge >= 0.3 is 6.18 Å². The van der Waals surface area contributed by atoms with E-state index >= 15 is 0 Å². The maximum atomic E-state index is 13.3. The van der Waals surface area contributed by atoms with Gasteiger partial charge in [0.2, 0.25) is 10.0 Å². The van der Waals surface area contributed by atoms with Crippen LogP contribution in [0.2, 0.25) is 0 Å². The predicted molar refractivity (Wildman–Crippen MR) is 110 cm³/mol. The summed E-state index contributed by atoms with van der Waals surface area (Å²) in [5.74, 6) is -0.140. The van der Waals surface area contributed by atoms with Crippen molar-refractivity contribution in [2.75, 3.05) is 31.1 Å². The second-order valence-electron chi connectivity index (χ2n) is 8.05. The number of ketones is 1. The molecule has 2 aromatic rings. The Bertz CT molecular complexity index is 1110. The summed E-state index contributed by atoms with van der Waals surface area (Å²) in [4.78, 5) is 13.8. The van der Waals surface area contributed by atoms with Gasteiger partial charge in [-0.05, 0) is 55.2 Å². The fourth-order valence-corrected chi connectivity index (χ4v) is 6.05. The molecule has 2 aromatic carbocycles. The van der Waals surface area contributed by atoms with Crippen LogP contribution in [-0.2, 0) is 33.8 Å². The lowest BCUT2D eigenvalue weighted by Crippen LogP contribution is -2.48. The summed E-state index contributed by atoms with van der Waals surface area (Å²) in [5.41, 5.74) is 1.31. The van der Waals surface area contributed by atoms with Crippen molar-refractivity contribution in [1.82, 2.24) is 4.31 Å². The van der Waals surface area contributed by atoms with Crippen LogP contribution in [0.1, 0.15) is 23.6 Å². The summed E-state index contributed by atoms with van der Waals surface area (Å²) in [5, 5.41) is 0. The Kier molecular flexibility index (Phi) is 5.59. The molecule has 166 valence electrons. The average molecular weight is 452 g/mol. The summed E-state index contributed by atoms with van der Waals surface area (Å²) in [6, 6.07) is 10.2. The first-order valence-corrected chi connectivity index (χ1v) is 11.5. The summed E-state index contributed by atoms with van der Waals surface area (Å²) >= 11 is 0. The van der Waals surface area contributed by atoms with E-state index in [-0.39, 0.29) is 29.7 Å². The number of hydrogen-bond acceptors (Lipinski definition) is 4. The molecule has 0 bridgehead atoms. The Morgan fingerprint density at radius 2 is 1.68 bits per heavy atom. The van der Waals surface area contributed by atoms with Crippen molar-refractivity contribution < 1.29 is 26.4 Å². The summed E-state index contributed by atoms with van der Waals surface area (Å²) in [6.45, 7) is 2.48. The highest BCUT2D eigenvalue weighted by atomic mass is 32.2. The summed E-state index contributed by atoms with van der Waals surface area (Å²) in [6.07, 6.45) is -3.45. The summed E-state index contributed by atoms with van der Waals surface area (Å²) < 4.78 is 67.0. The molecule has 5 nitrogen and oxygen atoms in total. The molecule has 2 aliphatic rings. The maximum Gasteiger partial charge on any atom is 0.416 e. The smallest absolute Gasteiger partial charge is 0.369 e. The molecule has 1 aliphatic heterocycles. The van der Waals surface area contributed by atoms with Crippen LogP contribution >= 0.6 is 0 Å². The van der Waals surface area contributed by atoms with Crippen LogP contribution < -0.4 is 4.90 Å². The Labute approximate surface area is 179 Å². The Hall–Kier alpha value is -2.39. The van der Waals surface area contributed by atoms with Gasteiger partial charge in [0.15, 0.2) is 0 Å². The number of rotatable bonds is 4. The number of alkyl halides is 3. The van der Waals surface area contributed by atoms with E-state index in [2.05, 4.69) is 0 Å². The molecule has 1 unspecified atom stereocenters. The van der Waals surface area contributed by atoms with E-state index in [1.165, 1.54) is 17.3 Å². The zero-order valence-corrected chi connectivity index (χ0v) is 17.8.